The average Bonchev–Trinajstić information content (AvgIpc) is 2.38. The number of ether oxygens (including phenoxy) is 1. The minimum absolute atomic E-state index is 0.160. The van der Waals surface area contributed by atoms with Gasteiger partial charge in [-0.25, -0.2) is 13.2 Å². The van der Waals surface area contributed by atoms with Gasteiger partial charge in [0.25, 0.3) is 15.7 Å². The molecule has 0 amide bonds. The second-order valence-electron chi connectivity index (χ2n) is 3.23. The Morgan fingerprint density at radius 2 is 1.95 bits per heavy atom. The van der Waals surface area contributed by atoms with Gasteiger partial charge in [-0.2, -0.15) is 0 Å². The van der Waals surface area contributed by atoms with Gasteiger partial charge in [-0.1, -0.05) is 0 Å². The third-order valence-electron chi connectivity index (χ3n) is 2.00. The van der Waals surface area contributed by atoms with Crippen LogP contribution < -0.4 is 4.72 Å². The minimum Gasteiger partial charge on any atom is -0.466 e. The average molecular weight is 286 g/mol. The van der Waals surface area contributed by atoms with E-state index in [9.17, 15) is 23.3 Å². The number of non-ortho nitro benzene ring substituents is 1. The lowest BCUT2D eigenvalue weighted by atomic mass is 10.3. The minimum atomic E-state index is -3.87. The van der Waals surface area contributed by atoms with Gasteiger partial charge in [0.1, 0.15) is 0 Å². The summed E-state index contributed by atoms with van der Waals surface area (Å²) in [5, 5.41) is 10.4. The second kappa shape index (κ2) is 5.96. The van der Waals surface area contributed by atoms with E-state index in [0.29, 0.717) is 0 Å². The Bertz CT molecular complexity index is 605. The molecule has 0 fully saturated rings. The van der Waals surface area contributed by atoms with E-state index in [1.54, 1.807) is 0 Å². The summed E-state index contributed by atoms with van der Waals surface area (Å²) in [5.74, 6) is -0.716. The molecule has 0 bridgehead atoms. The molecule has 9 heteroatoms. The Balaban J connectivity index is 2.86. The van der Waals surface area contributed by atoms with Crippen LogP contribution in [-0.2, 0) is 19.6 Å². The van der Waals surface area contributed by atoms with Gasteiger partial charge in [-0.15, -0.1) is 0 Å². The zero-order valence-electron chi connectivity index (χ0n) is 9.77. The summed E-state index contributed by atoms with van der Waals surface area (Å²) in [6, 6.07) is 4.32. The normalized spacial score (nSPS) is 11.2. The molecule has 19 heavy (non-hydrogen) atoms. The summed E-state index contributed by atoms with van der Waals surface area (Å²) in [6.45, 7) is 0. The van der Waals surface area contributed by atoms with Crippen LogP contribution in [0.15, 0.2) is 41.4 Å². The highest BCUT2D eigenvalue weighted by atomic mass is 32.2. The van der Waals surface area contributed by atoms with Crippen LogP contribution in [0.25, 0.3) is 0 Å². The second-order valence-corrected chi connectivity index (χ2v) is 4.94. The number of hydrogen-bond acceptors (Lipinski definition) is 6. The van der Waals surface area contributed by atoms with E-state index < -0.39 is 20.9 Å². The van der Waals surface area contributed by atoms with E-state index in [2.05, 4.69) is 4.74 Å². The number of esters is 1. The maximum atomic E-state index is 11.7. The van der Waals surface area contributed by atoms with Crippen LogP contribution in [0.2, 0.25) is 0 Å². The van der Waals surface area contributed by atoms with Gasteiger partial charge >= 0.3 is 5.97 Å². The summed E-state index contributed by atoms with van der Waals surface area (Å²) in [6.07, 6.45) is 1.80. The highest BCUT2D eigenvalue weighted by Crippen LogP contribution is 2.15. The summed E-state index contributed by atoms with van der Waals surface area (Å²) in [5.41, 5.74) is -0.218. The molecule has 0 radical (unpaired) electrons. The molecule has 1 rings (SSSR count). The summed E-state index contributed by atoms with van der Waals surface area (Å²) < 4.78 is 29.7. The molecule has 0 heterocycles. The maximum Gasteiger partial charge on any atom is 0.331 e. The highest BCUT2D eigenvalue weighted by molar-refractivity contribution is 7.89. The maximum absolute atomic E-state index is 11.7. The first kappa shape index (κ1) is 14.6. The number of nitrogens with one attached hydrogen (secondary N) is 1. The number of nitrogens with zero attached hydrogens (tertiary/aromatic N) is 1. The highest BCUT2D eigenvalue weighted by Gasteiger charge is 2.14. The van der Waals surface area contributed by atoms with Crippen molar-refractivity contribution in [2.24, 2.45) is 0 Å². The van der Waals surface area contributed by atoms with Crippen LogP contribution in [0.3, 0.4) is 0 Å². The van der Waals surface area contributed by atoms with E-state index in [1.165, 1.54) is 0 Å². The SMILES string of the molecule is COC(=O)/C=C/NS(=O)(=O)c1ccc([N+](=O)[O-])cc1. The molecule has 1 N–H and O–H groups in total. The number of carbonyl (C=O) groups excluding carboxylic acids is 1. The smallest absolute Gasteiger partial charge is 0.331 e. The summed E-state index contributed by atoms with van der Waals surface area (Å²) >= 11 is 0. The van der Waals surface area contributed by atoms with Crippen molar-refractivity contribution >= 4 is 21.7 Å². The Kier molecular flexibility index (Phi) is 4.59. The van der Waals surface area contributed by atoms with Gasteiger partial charge in [0.15, 0.2) is 0 Å². The van der Waals surface area contributed by atoms with Gasteiger partial charge in [0, 0.05) is 24.4 Å². The molecule has 0 aromatic heterocycles. The molecule has 0 saturated carbocycles. The molecule has 102 valence electrons. The monoisotopic (exact) mass is 286 g/mol. The van der Waals surface area contributed by atoms with Gasteiger partial charge in [0.05, 0.1) is 16.9 Å². The van der Waals surface area contributed by atoms with Crippen LogP contribution in [0.1, 0.15) is 0 Å². The fraction of sp³-hybridized carbons (Fsp3) is 0.100. The van der Waals surface area contributed by atoms with Crippen LogP contribution in [-0.4, -0.2) is 26.4 Å². The molecule has 0 aliphatic carbocycles. The van der Waals surface area contributed by atoms with Crippen molar-refractivity contribution in [1.29, 1.82) is 0 Å². The van der Waals surface area contributed by atoms with Crippen LogP contribution in [0.5, 0.6) is 0 Å². The lowest BCUT2D eigenvalue weighted by Crippen LogP contribution is -2.18. The molecule has 0 unspecified atom stereocenters. The molecule has 0 atom stereocenters. The number of sulfonamides is 1. The molecule has 0 aliphatic rings. The summed E-state index contributed by atoms with van der Waals surface area (Å²) in [4.78, 5) is 20.4. The van der Waals surface area contributed by atoms with E-state index in [4.69, 9.17) is 0 Å². The van der Waals surface area contributed by atoms with Crippen LogP contribution in [0, 0.1) is 10.1 Å². The Morgan fingerprint density at radius 1 is 1.37 bits per heavy atom. The Morgan fingerprint density at radius 3 is 2.42 bits per heavy atom. The van der Waals surface area contributed by atoms with E-state index in [1.807, 2.05) is 4.72 Å². The van der Waals surface area contributed by atoms with Crippen molar-refractivity contribution in [3.63, 3.8) is 0 Å². The number of hydrogen-bond donors (Lipinski definition) is 1. The van der Waals surface area contributed by atoms with E-state index >= 15 is 0 Å². The van der Waals surface area contributed by atoms with Crippen molar-refractivity contribution in [3.8, 4) is 0 Å². The quantitative estimate of drug-likeness (QED) is 0.366. The number of rotatable bonds is 5. The number of carbonyl (C=O) groups is 1. The van der Waals surface area contributed by atoms with Gasteiger partial charge < -0.3 is 4.74 Å². The van der Waals surface area contributed by atoms with Crippen LogP contribution in [0.4, 0.5) is 5.69 Å². The zero-order valence-corrected chi connectivity index (χ0v) is 10.6. The third-order valence-corrected chi connectivity index (χ3v) is 3.34. The molecule has 8 nitrogen and oxygen atoms in total. The third kappa shape index (κ3) is 4.07. The first-order valence-corrected chi connectivity index (χ1v) is 6.36. The number of nitro groups is 1. The number of methoxy groups -OCH3 is 1. The predicted octanol–water partition coefficient (Wildman–Crippen LogP) is 0.560. The Labute approximate surface area is 108 Å². The zero-order chi connectivity index (χ0) is 14.5. The van der Waals surface area contributed by atoms with Crippen molar-refractivity contribution < 1.29 is 22.9 Å². The summed E-state index contributed by atoms with van der Waals surface area (Å²) in [7, 11) is -2.72. The Hall–Kier alpha value is -2.42. The lowest BCUT2D eigenvalue weighted by molar-refractivity contribution is -0.384. The van der Waals surface area contributed by atoms with Gasteiger partial charge in [-0.05, 0) is 12.1 Å². The fourth-order valence-corrected chi connectivity index (χ4v) is 1.95. The largest absolute Gasteiger partial charge is 0.466 e. The molecule has 1 aromatic carbocycles. The number of benzene rings is 1. The van der Waals surface area contributed by atoms with Crippen molar-refractivity contribution in [3.05, 3.63) is 46.7 Å². The van der Waals surface area contributed by atoms with Crippen molar-refractivity contribution in [2.75, 3.05) is 7.11 Å². The number of nitro benzene ring substituents is 1. The molecular formula is C10H10N2O6S. The van der Waals surface area contributed by atoms with E-state index in [0.717, 1.165) is 43.7 Å². The standard InChI is InChI=1S/C10H10N2O6S/c1-18-10(13)6-7-11-19(16,17)9-4-2-8(3-5-9)12(14)15/h2-7,11H,1H3/b7-6+. The topological polar surface area (TPSA) is 116 Å². The van der Waals surface area contributed by atoms with Gasteiger partial charge in [0.2, 0.25) is 0 Å². The van der Waals surface area contributed by atoms with Crippen molar-refractivity contribution in [2.45, 2.75) is 4.90 Å². The van der Waals surface area contributed by atoms with Gasteiger partial charge in [-0.3, -0.25) is 14.8 Å². The predicted molar refractivity (Wildman–Crippen MR) is 64.6 cm³/mol. The molecule has 0 spiro atoms. The van der Waals surface area contributed by atoms with Crippen molar-refractivity contribution in [1.82, 2.24) is 4.72 Å². The molecule has 1 aromatic rings. The molecular weight excluding hydrogens is 276 g/mol. The first-order valence-electron chi connectivity index (χ1n) is 4.88. The van der Waals surface area contributed by atoms with E-state index in [-0.39, 0.29) is 10.6 Å². The fourth-order valence-electron chi connectivity index (χ4n) is 1.07. The first-order chi connectivity index (χ1) is 8.86. The van der Waals surface area contributed by atoms with Crippen LogP contribution >= 0.6 is 0 Å². The lowest BCUT2D eigenvalue weighted by Gasteiger charge is -2.03. The molecule has 0 saturated heterocycles. The molecule has 0 aliphatic heterocycles.